The molecule has 0 aliphatic carbocycles. The van der Waals surface area contributed by atoms with Crippen molar-refractivity contribution < 1.29 is 17.9 Å². The first kappa shape index (κ1) is 19.9. The number of rotatable bonds is 7. The van der Waals surface area contributed by atoms with E-state index in [-0.39, 0.29) is 5.75 Å². The van der Waals surface area contributed by atoms with E-state index in [1.807, 2.05) is 13.8 Å². The molecule has 0 saturated heterocycles. The van der Waals surface area contributed by atoms with Gasteiger partial charge in [-0.15, -0.1) is 0 Å². The standard InChI is InChI=1S/C19H23N3O5S/c1-5-27-17-9-13(6-7-16(17)26-3)15(11-28(4,24)25)22-18-14(21-19(22)23)8-12(2)10-20-18/h6-10,15H,5,11H2,1-4H3,(H,21,23)/t15-/m0/s1. The van der Waals surface area contributed by atoms with Crippen molar-refractivity contribution in [3.63, 3.8) is 0 Å². The van der Waals surface area contributed by atoms with Crippen molar-refractivity contribution in [1.29, 1.82) is 0 Å². The molecule has 0 spiro atoms. The fourth-order valence-corrected chi connectivity index (χ4v) is 4.10. The molecule has 0 bridgehead atoms. The fraction of sp³-hybridized carbons (Fsp3) is 0.368. The van der Waals surface area contributed by atoms with Gasteiger partial charge in [-0.2, -0.15) is 0 Å². The Labute approximate surface area is 163 Å². The van der Waals surface area contributed by atoms with Crippen LogP contribution < -0.4 is 15.2 Å². The normalized spacial score (nSPS) is 12.9. The van der Waals surface area contributed by atoms with Gasteiger partial charge in [-0.25, -0.2) is 18.2 Å². The SMILES string of the molecule is CCOc1cc([C@H](CS(C)(=O)=O)n2c(=O)[nH]c3cc(C)cnc32)ccc1OC. The summed E-state index contributed by atoms with van der Waals surface area (Å²) >= 11 is 0. The molecule has 0 aliphatic rings. The summed E-state index contributed by atoms with van der Waals surface area (Å²) in [6.45, 7) is 4.13. The summed E-state index contributed by atoms with van der Waals surface area (Å²) in [5, 5.41) is 0. The van der Waals surface area contributed by atoms with Crippen molar-refractivity contribution in [2.75, 3.05) is 25.7 Å². The Morgan fingerprint density at radius 1 is 1.25 bits per heavy atom. The lowest BCUT2D eigenvalue weighted by Crippen LogP contribution is -2.28. The first-order valence-electron chi connectivity index (χ1n) is 8.78. The molecule has 2 heterocycles. The molecule has 3 aromatic rings. The number of fused-ring (bicyclic) bond motifs is 1. The summed E-state index contributed by atoms with van der Waals surface area (Å²) in [7, 11) is -1.88. The van der Waals surface area contributed by atoms with Gasteiger partial charge >= 0.3 is 5.69 Å². The van der Waals surface area contributed by atoms with E-state index < -0.39 is 21.6 Å². The molecule has 0 saturated carbocycles. The Morgan fingerprint density at radius 3 is 2.64 bits per heavy atom. The molecule has 0 amide bonds. The van der Waals surface area contributed by atoms with E-state index >= 15 is 0 Å². The minimum Gasteiger partial charge on any atom is -0.493 e. The van der Waals surface area contributed by atoms with Crippen LogP contribution in [0.2, 0.25) is 0 Å². The third-order valence-corrected chi connectivity index (χ3v) is 5.26. The number of aromatic amines is 1. The summed E-state index contributed by atoms with van der Waals surface area (Å²) in [5.74, 6) is 0.759. The first-order chi connectivity index (χ1) is 13.2. The largest absolute Gasteiger partial charge is 0.493 e. The molecule has 150 valence electrons. The summed E-state index contributed by atoms with van der Waals surface area (Å²) in [6.07, 6.45) is 2.79. The topological polar surface area (TPSA) is 103 Å². The molecule has 1 N–H and O–H groups in total. The number of aromatic nitrogens is 3. The number of pyridine rings is 1. The highest BCUT2D eigenvalue weighted by molar-refractivity contribution is 7.90. The molecule has 0 radical (unpaired) electrons. The molecule has 2 aromatic heterocycles. The lowest BCUT2D eigenvalue weighted by molar-refractivity contribution is 0.310. The fourth-order valence-electron chi connectivity index (χ4n) is 3.18. The maximum Gasteiger partial charge on any atom is 0.328 e. The van der Waals surface area contributed by atoms with Crippen LogP contribution in [0.1, 0.15) is 24.1 Å². The molecular formula is C19H23N3O5S. The molecule has 0 fully saturated rings. The molecule has 1 aromatic carbocycles. The van der Waals surface area contributed by atoms with E-state index in [4.69, 9.17) is 9.47 Å². The summed E-state index contributed by atoms with van der Waals surface area (Å²) in [5.41, 5.74) is 2.04. The Morgan fingerprint density at radius 2 is 2.00 bits per heavy atom. The minimum atomic E-state index is -3.41. The minimum absolute atomic E-state index is 0.257. The number of sulfone groups is 1. The van der Waals surface area contributed by atoms with Gasteiger partial charge in [-0.05, 0) is 43.2 Å². The average Bonchev–Trinajstić information content (AvgIpc) is 2.94. The van der Waals surface area contributed by atoms with Crippen molar-refractivity contribution in [2.24, 2.45) is 0 Å². The zero-order valence-electron chi connectivity index (χ0n) is 16.2. The number of benzene rings is 1. The van der Waals surface area contributed by atoms with Crippen LogP contribution in [-0.4, -0.2) is 48.7 Å². The van der Waals surface area contributed by atoms with Crippen LogP contribution >= 0.6 is 0 Å². The maximum absolute atomic E-state index is 12.7. The van der Waals surface area contributed by atoms with Gasteiger partial charge in [0, 0.05) is 12.5 Å². The number of hydrogen-bond acceptors (Lipinski definition) is 6. The van der Waals surface area contributed by atoms with E-state index in [1.54, 1.807) is 30.5 Å². The van der Waals surface area contributed by atoms with Gasteiger partial charge in [0.05, 0.1) is 31.0 Å². The number of ether oxygens (including phenoxy) is 2. The number of nitrogens with zero attached hydrogens (tertiary/aromatic N) is 2. The Hall–Kier alpha value is -2.81. The monoisotopic (exact) mass is 405 g/mol. The molecule has 0 unspecified atom stereocenters. The Kier molecular flexibility index (Phi) is 5.46. The van der Waals surface area contributed by atoms with Crippen LogP contribution in [-0.2, 0) is 9.84 Å². The molecule has 1 atom stereocenters. The van der Waals surface area contributed by atoms with Crippen LogP contribution in [0.4, 0.5) is 0 Å². The van der Waals surface area contributed by atoms with Crippen LogP contribution in [0.5, 0.6) is 11.5 Å². The summed E-state index contributed by atoms with van der Waals surface area (Å²) in [6, 6.07) is 6.18. The predicted molar refractivity (Wildman–Crippen MR) is 107 cm³/mol. The Bertz CT molecular complexity index is 1160. The van der Waals surface area contributed by atoms with E-state index in [1.165, 1.54) is 11.7 Å². The van der Waals surface area contributed by atoms with Crippen molar-refractivity contribution in [3.8, 4) is 11.5 Å². The van der Waals surface area contributed by atoms with Gasteiger partial charge in [0.2, 0.25) is 0 Å². The third-order valence-electron chi connectivity index (χ3n) is 4.34. The molecular weight excluding hydrogens is 382 g/mol. The second-order valence-electron chi connectivity index (χ2n) is 6.64. The van der Waals surface area contributed by atoms with E-state index in [0.717, 1.165) is 11.8 Å². The molecule has 0 aliphatic heterocycles. The van der Waals surface area contributed by atoms with Gasteiger partial charge in [0.1, 0.15) is 9.84 Å². The van der Waals surface area contributed by atoms with Crippen LogP contribution in [0.25, 0.3) is 11.2 Å². The second-order valence-corrected chi connectivity index (χ2v) is 8.82. The van der Waals surface area contributed by atoms with Crippen molar-refractivity contribution in [3.05, 3.63) is 52.1 Å². The lowest BCUT2D eigenvalue weighted by atomic mass is 10.1. The maximum atomic E-state index is 12.7. The number of hydrogen-bond donors (Lipinski definition) is 1. The van der Waals surface area contributed by atoms with Gasteiger partial charge in [-0.1, -0.05) is 6.07 Å². The molecule has 3 rings (SSSR count). The number of imidazole rings is 1. The van der Waals surface area contributed by atoms with Crippen molar-refractivity contribution in [2.45, 2.75) is 19.9 Å². The van der Waals surface area contributed by atoms with Gasteiger partial charge in [0.15, 0.2) is 17.1 Å². The third kappa shape index (κ3) is 4.04. The number of nitrogens with one attached hydrogen (secondary N) is 1. The highest BCUT2D eigenvalue weighted by Crippen LogP contribution is 2.32. The second kappa shape index (κ2) is 7.67. The van der Waals surface area contributed by atoms with Crippen LogP contribution in [0.3, 0.4) is 0 Å². The van der Waals surface area contributed by atoms with Crippen LogP contribution in [0, 0.1) is 6.92 Å². The van der Waals surface area contributed by atoms with E-state index in [0.29, 0.717) is 34.8 Å². The lowest BCUT2D eigenvalue weighted by Gasteiger charge is -2.20. The first-order valence-corrected chi connectivity index (χ1v) is 10.8. The van der Waals surface area contributed by atoms with Gasteiger partial charge < -0.3 is 14.5 Å². The highest BCUT2D eigenvalue weighted by atomic mass is 32.2. The zero-order valence-corrected chi connectivity index (χ0v) is 17.0. The van der Waals surface area contributed by atoms with Gasteiger partial charge in [0.25, 0.3) is 0 Å². The predicted octanol–water partition coefficient (Wildman–Crippen LogP) is 2.07. The number of H-pyrrole nitrogens is 1. The molecule has 9 heteroatoms. The Balaban J connectivity index is 2.23. The van der Waals surface area contributed by atoms with Crippen molar-refractivity contribution >= 4 is 21.0 Å². The molecule has 28 heavy (non-hydrogen) atoms. The highest BCUT2D eigenvalue weighted by Gasteiger charge is 2.25. The van der Waals surface area contributed by atoms with E-state index in [2.05, 4.69) is 9.97 Å². The van der Waals surface area contributed by atoms with Crippen molar-refractivity contribution in [1.82, 2.24) is 14.5 Å². The molecule has 8 nitrogen and oxygen atoms in total. The quantitative estimate of drug-likeness (QED) is 0.645. The summed E-state index contributed by atoms with van der Waals surface area (Å²) < 4.78 is 36.6. The van der Waals surface area contributed by atoms with Crippen LogP contribution in [0.15, 0.2) is 35.3 Å². The zero-order chi connectivity index (χ0) is 20.5. The average molecular weight is 405 g/mol. The van der Waals surface area contributed by atoms with E-state index in [9.17, 15) is 13.2 Å². The summed E-state index contributed by atoms with van der Waals surface area (Å²) in [4.78, 5) is 19.8. The number of aryl methyl sites for hydroxylation is 1. The smallest absolute Gasteiger partial charge is 0.328 e. The number of methoxy groups -OCH3 is 1. The van der Waals surface area contributed by atoms with Gasteiger partial charge in [-0.3, -0.25) is 4.57 Å².